The first-order valence-electron chi connectivity index (χ1n) is 9.79. The van der Waals surface area contributed by atoms with E-state index in [0.29, 0.717) is 18.7 Å². The summed E-state index contributed by atoms with van der Waals surface area (Å²) in [7, 11) is 0. The second kappa shape index (κ2) is 10.3. The largest absolute Gasteiger partial charge is 0.490 e. The predicted octanol–water partition coefficient (Wildman–Crippen LogP) is 4.86. The zero-order valence-corrected chi connectivity index (χ0v) is 16.8. The third kappa shape index (κ3) is 5.60. The van der Waals surface area contributed by atoms with E-state index in [0.717, 1.165) is 23.9 Å². The number of carbonyl (C=O) groups excluding carboxylic acids is 1. The predicted molar refractivity (Wildman–Crippen MR) is 114 cm³/mol. The van der Waals surface area contributed by atoms with Gasteiger partial charge in [0.15, 0.2) is 0 Å². The average molecular weight is 399 g/mol. The molecule has 1 amide bonds. The number of benzene rings is 2. The van der Waals surface area contributed by atoms with Crippen molar-refractivity contribution in [3.8, 4) is 5.75 Å². The Morgan fingerprint density at radius 2 is 1.79 bits per heavy atom. The molecule has 2 aromatic rings. The summed E-state index contributed by atoms with van der Waals surface area (Å²) in [6, 6.07) is 15.3. The summed E-state index contributed by atoms with van der Waals surface area (Å²) in [6.45, 7) is 6.75. The fourth-order valence-corrected chi connectivity index (χ4v) is 3.65. The number of hydrogen-bond acceptors (Lipinski definition) is 3. The second-order valence-electron chi connectivity index (χ2n) is 7.00. The smallest absolute Gasteiger partial charge is 0.251 e. The molecule has 1 atom stereocenters. The van der Waals surface area contributed by atoms with Gasteiger partial charge in [-0.25, -0.2) is 0 Å². The Labute approximate surface area is 172 Å². The van der Waals surface area contributed by atoms with Crippen molar-refractivity contribution in [3.05, 3.63) is 77.3 Å². The summed E-state index contributed by atoms with van der Waals surface area (Å²) >= 11 is 6.06. The van der Waals surface area contributed by atoms with Crippen LogP contribution < -0.4 is 10.1 Å². The molecule has 1 heterocycles. The zero-order valence-electron chi connectivity index (χ0n) is 16.1. The van der Waals surface area contributed by atoms with Crippen LogP contribution in [-0.2, 0) is 0 Å². The van der Waals surface area contributed by atoms with E-state index in [1.165, 1.54) is 24.8 Å². The maximum atomic E-state index is 12.6. The van der Waals surface area contributed by atoms with Gasteiger partial charge >= 0.3 is 0 Å². The summed E-state index contributed by atoms with van der Waals surface area (Å²) < 4.78 is 5.47. The first kappa shape index (κ1) is 20.4. The molecule has 0 bridgehead atoms. The van der Waals surface area contributed by atoms with Gasteiger partial charge < -0.3 is 10.1 Å². The highest BCUT2D eigenvalue weighted by Gasteiger charge is 2.23. The first-order valence-corrected chi connectivity index (χ1v) is 10.2. The van der Waals surface area contributed by atoms with Gasteiger partial charge in [0, 0.05) is 17.1 Å². The van der Waals surface area contributed by atoms with Crippen LogP contribution in [0.3, 0.4) is 0 Å². The number of ether oxygens (including phenoxy) is 1. The highest BCUT2D eigenvalue weighted by molar-refractivity contribution is 6.30. The molecule has 148 valence electrons. The minimum Gasteiger partial charge on any atom is -0.490 e. The third-order valence-electron chi connectivity index (χ3n) is 5.03. The van der Waals surface area contributed by atoms with Crippen LogP contribution >= 0.6 is 11.6 Å². The van der Waals surface area contributed by atoms with Crippen molar-refractivity contribution in [1.29, 1.82) is 0 Å². The molecule has 0 aliphatic carbocycles. The molecule has 3 rings (SSSR count). The molecule has 1 saturated heterocycles. The van der Waals surface area contributed by atoms with Crippen LogP contribution in [0.15, 0.2) is 61.2 Å². The summed E-state index contributed by atoms with van der Waals surface area (Å²) in [5.74, 6) is 0.648. The van der Waals surface area contributed by atoms with E-state index in [4.69, 9.17) is 16.3 Å². The van der Waals surface area contributed by atoms with E-state index >= 15 is 0 Å². The maximum absolute atomic E-state index is 12.6. The van der Waals surface area contributed by atoms with E-state index < -0.39 is 0 Å². The van der Waals surface area contributed by atoms with Crippen LogP contribution in [-0.4, -0.2) is 37.0 Å². The van der Waals surface area contributed by atoms with Crippen molar-refractivity contribution < 1.29 is 9.53 Å². The fraction of sp³-hybridized carbons (Fsp3) is 0.348. The molecule has 4 nitrogen and oxygen atoms in total. The SMILES string of the molecule is C=CCOc1ccc(C(=O)NC[C@@H](c2ccc(Cl)cc2)N2CCCCC2)cc1. The Kier molecular flexibility index (Phi) is 7.52. The van der Waals surface area contributed by atoms with E-state index in [9.17, 15) is 4.79 Å². The molecule has 1 aliphatic heterocycles. The van der Waals surface area contributed by atoms with Crippen molar-refractivity contribution in [1.82, 2.24) is 10.2 Å². The van der Waals surface area contributed by atoms with Crippen LogP contribution in [0.2, 0.25) is 5.02 Å². The zero-order chi connectivity index (χ0) is 19.8. The number of carbonyl (C=O) groups is 1. The lowest BCUT2D eigenvalue weighted by Gasteiger charge is -2.35. The van der Waals surface area contributed by atoms with Crippen molar-refractivity contribution >= 4 is 17.5 Å². The van der Waals surface area contributed by atoms with E-state index in [-0.39, 0.29) is 11.9 Å². The Bertz CT molecular complexity index is 768. The van der Waals surface area contributed by atoms with Crippen molar-refractivity contribution in [2.24, 2.45) is 0 Å². The molecular weight excluding hydrogens is 372 g/mol. The number of hydrogen-bond donors (Lipinski definition) is 1. The molecular formula is C23H27ClN2O2. The number of nitrogens with zero attached hydrogens (tertiary/aromatic N) is 1. The second-order valence-corrected chi connectivity index (χ2v) is 7.43. The van der Waals surface area contributed by atoms with Crippen LogP contribution in [0, 0.1) is 0 Å². The molecule has 0 radical (unpaired) electrons. The molecule has 1 aliphatic rings. The van der Waals surface area contributed by atoms with Gasteiger partial charge in [-0.3, -0.25) is 9.69 Å². The van der Waals surface area contributed by atoms with Gasteiger partial charge in [-0.15, -0.1) is 0 Å². The number of amides is 1. The van der Waals surface area contributed by atoms with Crippen LogP contribution in [0.25, 0.3) is 0 Å². The Morgan fingerprint density at radius 1 is 1.11 bits per heavy atom. The lowest BCUT2D eigenvalue weighted by atomic mass is 10.0. The molecule has 28 heavy (non-hydrogen) atoms. The lowest BCUT2D eigenvalue weighted by molar-refractivity contribution is 0.0924. The summed E-state index contributed by atoms with van der Waals surface area (Å²) in [4.78, 5) is 15.1. The normalized spacial score (nSPS) is 15.6. The van der Waals surface area contributed by atoms with Gasteiger partial charge in [-0.1, -0.05) is 42.8 Å². The maximum Gasteiger partial charge on any atom is 0.251 e. The fourth-order valence-electron chi connectivity index (χ4n) is 3.52. The number of piperidine rings is 1. The summed E-state index contributed by atoms with van der Waals surface area (Å²) in [5.41, 5.74) is 1.80. The van der Waals surface area contributed by atoms with Gasteiger partial charge in [-0.2, -0.15) is 0 Å². The number of nitrogens with one attached hydrogen (secondary N) is 1. The van der Waals surface area contributed by atoms with Crippen molar-refractivity contribution in [3.63, 3.8) is 0 Å². The summed E-state index contributed by atoms with van der Waals surface area (Å²) in [5, 5.41) is 3.83. The highest BCUT2D eigenvalue weighted by atomic mass is 35.5. The van der Waals surface area contributed by atoms with Gasteiger partial charge in [0.25, 0.3) is 5.91 Å². The van der Waals surface area contributed by atoms with Crippen molar-refractivity contribution in [2.75, 3.05) is 26.2 Å². The lowest BCUT2D eigenvalue weighted by Crippen LogP contribution is -2.40. The number of rotatable bonds is 8. The number of halogens is 1. The van der Waals surface area contributed by atoms with Crippen LogP contribution in [0.5, 0.6) is 5.75 Å². The molecule has 0 aromatic heterocycles. The Hall–Kier alpha value is -2.30. The summed E-state index contributed by atoms with van der Waals surface area (Å²) in [6.07, 6.45) is 5.36. The topological polar surface area (TPSA) is 41.6 Å². The monoisotopic (exact) mass is 398 g/mol. The van der Waals surface area contributed by atoms with Gasteiger partial charge in [0.1, 0.15) is 12.4 Å². The highest BCUT2D eigenvalue weighted by Crippen LogP contribution is 2.25. The standard InChI is InChI=1S/C23H27ClN2O2/c1-2-16-28-21-12-8-19(9-13-21)23(27)25-17-22(26-14-4-3-5-15-26)18-6-10-20(24)11-7-18/h2,6-13,22H,1,3-5,14-17H2,(H,25,27)/t22-/m0/s1. The first-order chi connectivity index (χ1) is 13.7. The van der Waals surface area contributed by atoms with Gasteiger partial charge in [0.05, 0.1) is 6.04 Å². The Balaban J connectivity index is 1.65. The van der Waals surface area contributed by atoms with Crippen LogP contribution in [0.1, 0.15) is 41.2 Å². The molecule has 1 N–H and O–H groups in total. The quantitative estimate of drug-likeness (QED) is 0.645. The van der Waals surface area contributed by atoms with Crippen LogP contribution in [0.4, 0.5) is 0 Å². The van der Waals surface area contributed by atoms with E-state index in [1.54, 1.807) is 30.3 Å². The molecule has 2 aromatic carbocycles. The Morgan fingerprint density at radius 3 is 2.43 bits per heavy atom. The third-order valence-corrected chi connectivity index (χ3v) is 5.28. The molecule has 5 heteroatoms. The van der Waals surface area contributed by atoms with E-state index in [2.05, 4.69) is 28.9 Å². The molecule has 0 spiro atoms. The van der Waals surface area contributed by atoms with Gasteiger partial charge in [0.2, 0.25) is 0 Å². The molecule has 0 unspecified atom stereocenters. The molecule has 1 fully saturated rings. The van der Waals surface area contributed by atoms with E-state index in [1.807, 2.05) is 12.1 Å². The minimum atomic E-state index is -0.0776. The average Bonchev–Trinajstić information content (AvgIpc) is 2.74. The minimum absolute atomic E-state index is 0.0776. The van der Waals surface area contributed by atoms with Gasteiger partial charge in [-0.05, 0) is 67.9 Å². The van der Waals surface area contributed by atoms with Crippen molar-refractivity contribution in [2.45, 2.75) is 25.3 Å². The molecule has 0 saturated carbocycles. The number of likely N-dealkylation sites (tertiary alicyclic amines) is 1.